The van der Waals surface area contributed by atoms with Crippen LogP contribution in [0.25, 0.3) is 0 Å². The van der Waals surface area contributed by atoms with Gasteiger partial charge < -0.3 is 39.7 Å². The van der Waals surface area contributed by atoms with Gasteiger partial charge in [-0.2, -0.15) is 15.0 Å². The van der Waals surface area contributed by atoms with Crippen molar-refractivity contribution >= 4 is 33.6 Å². The Hall–Kier alpha value is -2.62. The Morgan fingerprint density at radius 3 is 1.72 bits per heavy atom. The first-order chi connectivity index (χ1) is 15.3. The molecule has 214 valence electrons. The Bertz CT molecular complexity index is 1040. The predicted octanol–water partition coefficient (Wildman–Crippen LogP) is 4.79. The molecule has 2 aromatic rings. The molecule has 1 aromatic heterocycles. The van der Waals surface area contributed by atoms with Crippen molar-refractivity contribution in [2.75, 3.05) is 55.4 Å². The van der Waals surface area contributed by atoms with Gasteiger partial charge in [0.05, 0.1) is 4.90 Å². The zero-order valence-electron chi connectivity index (χ0n) is 22.0. The van der Waals surface area contributed by atoms with Crippen LogP contribution >= 0.6 is 0 Å². The average Bonchev–Trinajstić information content (AvgIpc) is 2.81. The molecule has 2 aliphatic rings. The van der Waals surface area contributed by atoms with E-state index in [1.54, 1.807) is 18.2 Å². The second-order valence-electron chi connectivity index (χ2n) is 8.74. The highest BCUT2D eigenvalue weighted by atomic mass is 32.2. The second-order valence-corrected chi connectivity index (χ2v) is 10.9. The fourth-order valence-corrected chi connectivity index (χ4v) is 5.04. The highest BCUT2D eigenvalue weighted by Gasteiger charge is 2.22. The van der Waals surface area contributed by atoms with Gasteiger partial charge in [0.15, 0.2) is 0 Å². The summed E-state index contributed by atoms with van der Waals surface area (Å²) in [5.74, 6) is 1.83. The smallest absolute Gasteiger partial charge is 0.242 e. The molecule has 4 rings (SSSR count). The molecule has 2 aliphatic heterocycles. The Morgan fingerprint density at radius 2 is 1.28 bits per heavy atom. The minimum absolute atomic E-state index is 0. The van der Waals surface area contributed by atoms with Crippen LogP contribution in [0.3, 0.4) is 0 Å². The van der Waals surface area contributed by atoms with Gasteiger partial charge in [0.25, 0.3) is 0 Å². The molecule has 0 spiro atoms. The molecule has 0 atom stereocenters. The van der Waals surface area contributed by atoms with E-state index in [0.717, 1.165) is 57.4 Å². The first kappa shape index (κ1) is 33.4. The third-order valence-electron chi connectivity index (χ3n) is 6.12. The van der Waals surface area contributed by atoms with E-state index in [9.17, 15) is 8.42 Å². The second kappa shape index (κ2) is 14.2. The van der Waals surface area contributed by atoms with Gasteiger partial charge in [-0.3, -0.25) is 0 Å². The summed E-state index contributed by atoms with van der Waals surface area (Å²) < 4.78 is 26.4. The van der Waals surface area contributed by atoms with Crippen molar-refractivity contribution in [1.29, 1.82) is 0 Å². The number of anilines is 4. The van der Waals surface area contributed by atoms with Crippen molar-refractivity contribution in [1.82, 2.24) is 43.9 Å². The summed E-state index contributed by atoms with van der Waals surface area (Å²) in [7, 11) is -0.472. The molecular weight excluding hydrogens is 482 g/mol. The Labute approximate surface area is 221 Å². The van der Waals surface area contributed by atoms with Gasteiger partial charge >= 0.3 is 0 Å². The summed E-state index contributed by atoms with van der Waals surface area (Å²) in [6.07, 6.45) is 7.01. The van der Waals surface area contributed by atoms with Crippen LogP contribution in [-0.4, -0.2) is 67.9 Å². The molecule has 0 aliphatic carbocycles. The quantitative estimate of drug-likeness (QED) is 0.335. The molecule has 13 N–H and O–H groups in total. The fraction of sp³-hybridized carbons (Fsp3) is 0.591. The van der Waals surface area contributed by atoms with Gasteiger partial charge in [-0.15, -0.1) is 0 Å². The molecule has 0 radical (unpaired) electrons. The summed E-state index contributed by atoms with van der Waals surface area (Å²) in [4.78, 5) is 18.9. The number of sulfonamides is 1. The molecule has 1 aromatic carbocycles. The summed E-state index contributed by atoms with van der Waals surface area (Å²) in [6, 6.07) is 5.08. The third-order valence-corrected chi connectivity index (χ3v) is 7.93. The van der Waals surface area contributed by atoms with Crippen molar-refractivity contribution in [2.45, 2.75) is 50.3 Å². The monoisotopic (exact) mass is 535 g/mol. The highest BCUT2D eigenvalue weighted by molar-refractivity contribution is 7.89. The Kier molecular flexibility index (Phi) is 13.2. The largest absolute Gasteiger partial charge is 0.344 e. The summed E-state index contributed by atoms with van der Waals surface area (Å²) in [5, 5.41) is 3.28. The maximum absolute atomic E-state index is 12.6. The van der Waals surface area contributed by atoms with E-state index in [4.69, 9.17) is 15.0 Å². The lowest BCUT2D eigenvalue weighted by atomic mass is 10.1. The zero-order chi connectivity index (χ0) is 22.7. The van der Waals surface area contributed by atoms with Crippen LogP contribution in [-0.2, 0) is 10.0 Å². The number of aryl methyl sites for hydroxylation is 1. The van der Waals surface area contributed by atoms with Crippen LogP contribution in [0.15, 0.2) is 23.1 Å². The van der Waals surface area contributed by atoms with E-state index < -0.39 is 10.0 Å². The van der Waals surface area contributed by atoms with Gasteiger partial charge in [-0.05, 0) is 63.1 Å². The summed E-state index contributed by atoms with van der Waals surface area (Å²) in [5.41, 5.74) is 1.59. The molecule has 3 heterocycles. The number of aromatic nitrogens is 3. The minimum atomic E-state index is -3.54. The maximum atomic E-state index is 12.6. The van der Waals surface area contributed by atoms with E-state index in [1.165, 1.54) is 31.2 Å². The normalized spacial score (nSPS) is 15.7. The van der Waals surface area contributed by atoms with Gasteiger partial charge in [0, 0.05) is 51.7 Å². The number of rotatable bonds is 6. The maximum Gasteiger partial charge on any atom is 0.242 e. The van der Waals surface area contributed by atoms with Crippen LogP contribution in [0.4, 0.5) is 23.5 Å². The lowest BCUT2D eigenvalue weighted by molar-refractivity contribution is 0.521. The SMILES string of the molecule is Cc1ccc(S(=O)(=O)N(C)C)cc1Nc1nc(N2CCCCC2)nc(N2CCCCC2)n1.N.N.N.N.[HH].[HH].[HH].[HH]. The van der Waals surface area contributed by atoms with Gasteiger partial charge in [0.1, 0.15) is 0 Å². The Balaban J connectivity index is -0.000000510. The van der Waals surface area contributed by atoms with E-state index in [0.29, 0.717) is 23.5 Å². The number of hydrogen-bond donors (Lipinski definition) is 5. The number of piperidine rings is 2. The van der Waals surface area contributed by atoms with Crippen molar-refractivity contribution in [3.05, 3.63) is 23.8 Å². The molecule has 14 heteroatoms. The number of hydrogen-bond acceptors (Lipinski definition) is 12. The fourth-order valence-electron chi connectivity index (χ4n) is 4.11. The van der Waals surface area contributed by atoms with Gasteiger partial charge in [-0.25, -0.2) is 12.7 Å². The van der Waals surface area contributed by atoms with Crippen LogP contribution < -0.4 is 39.7 Å². The molecule has 0 saturated carbocycles. The zero-order valence-corrected chi connectivity index (χ0v) is 22.9. The van der Waals surface area contributed by atoms with E-state index in [-0.39, 0.29) is 35.2 Å². The standard InChI is InChI=1S/C22H33N7O2S.4H3N.4H2/c1-17-10-11-18(32(30,31)27(2)3)16-19(17)23-20-24-21(28-12-6-4-7-13-28)26-22(25-20)29-14-8-5-9-15-29;;;;;;;;/h10-11,16H,4-9,12-15H2,1-3H3,(H,23,24,25,26);4*1H3;4*1H. The first-order valence-electron chi connectivity index (χ1n) is 11.4. The average molecular weight is 536 g/mol. The molecule has 13 nitrogen and oxygen atoms in total. The van der Waals surface area contributed by atoms with E-state index in [2.05, 4.69) is 15.1 Å². The van der Waals surface area contributed by atoms with Crippen LogP contribution in [0, 0.1) is 6.92 Å². The number of nitrogens with one attached hydrogen (secondary N) is 1. The van der Waals surface area contributed by atoms with Crippen molar-refractivity contribution in [3.63, 3.8) is 0 Å². The molecular formula is C22H53N11O2S. The molecule has 2 fully saturated rings. The molecule has 0 bridgehead atoms. The lowest BCUT2D eigenvalue weighted by Gasteiger charge is -2.30. The first-order valence-corrected chi connectivity index (χ1v) is 12.8. The predicted molar refractivity (Wildman–Crippen MR) is 156 cm³/mol. The van der Waals surface area contributed by atoms with Crippen molar-refractivity contribution < 1.29 is 14.1 Å². The highest BCUT2D eigenvalue weighted by Crippen LogP contribution is 2.27. The third kappa shape index (κ3) is 7.44. The molecule has 0 unspecified atom stereocenters. The van der Waals surface area contributed by atoms with Crippen LogP contribution in [0.1, 0.15) is 49.8 Å². The number of benzene rings is 1. The summed E-state index contributed by atoms with van der Waals surface area (Å²) in [6.45, 7) is 5.71. The van der Waals surface area contributed by atoms with Crippen LogP contribution in [0.2, 0.25) is 0 Å². The lowest BCUT2D eigenvalue weighted by Crippen LogP contribution is -2.34. The Morgan fingerprint density at radius 1 is 0.806 bits per heavy atom. The van der Waals surface area contributed by atoms with E-state index in [1.807, 2.05) is 6.92 Å². The molecule has 0 amide bonds. The molecule has 2 saturated heterocycles. The van der Waals surface area contributed by atoms with Gasteiger partial charge in [0.2, 0.25) is 27.9 Å². The number of nitrogens with zero attached hydrogens (tertiary/aromatic N) is 6. The van der Waals surface area contributed by atoms with E-state index >= 15 is 0 Å². The van der Waals surface area contributed by atoms with Crippen LogP contribution in [0.5, 0.6) is 0 Å². The van der Waals surface area contributed by atoms with Crippen molar-refractivity contribution in [3.8, 4) is 0 Å². The van der Waals surface area contributed by atoms with Crippen molar-refractivity contribution in [2.24, 2.45) is 0 Å². The van der Waals surface area contributed by atoms with Gasteiger partial charge in [-0.1, -0.05) is 6.07 Å². The molecule has 36 heavy (non-hydrogen) atoms. The minimum Gasteiger partial charge on any atom is -0.344 e. The summed E-state index contributed by atoms with van der Waals surface area (Å²) >= 11 is 0. The topological polar surface area (TPSA) is 235 Å².